The average molecular weight is 593 g/mol. The van der Waals surface area contributed by atoms with Crippen LogP contribution in [0.1, 0.15) is 49.9 Å². The molecule has 1 aliphatic carbocycles. The van der Waals surface area contributed by atoms with E-state index in [1.165, 1.54) is 31.2 Å². The molecule has 1 saturated carbocycles. The van der Waals surface area contributed by atoms with Crippen molar-refractivity contribution in [2.45, 2.75) is 52.1 Å². The predicted octanol–water partition coefficient (Wildman–Crippen LogP) is 7.92. The molecule has 1 aromatic carbocycles. The summed E-state index contributed by atoms with van der Waals surface area (Å²) in [4.78, 5) is 22.4. The summed E-state index contributed by atoms with van der Waals surface area (Å²) in [5.41, 5.74) is 7.42. The van der Waals surface area contributed by atoms with Crippen LogP contribution in [-0.4, -0.2) is 44.3 Å². The quantitative estimate of drug-likeness (QED) is 0.199. The summed E-state index contributed by atoms with van der Waals surface area (Å²) in [6.07, 6.45) is 8.49. The number of aromatic nitrogens is 5. The van der Waals surface area contributed by atoms with Crippen LogP contribution in [0.4, 0.5) is 5.95 Å². The number of rotatable bonds is 6. The van der Waals surface area contributed by atoms with Crippen molar-refractivity contribution < 1.29 is 4.74 Å². The van der Waals surface area contributed by atoms with Crippen molar-refractivity contribution in [3.05, 3.63) is 89.3 Å². The van der Waals surface area contributed by atoms with E-state index in [1.807, 2.05) is 37.4 Å². The summed E-state index contributed by atoms with van der Waals surface area (Å²) in [6.45, 7) is 7.32. The Kier molecular flexibility index (Phi) is 7.85. The first-order valence-electron chi connectivity index (χ1n) is 15.4. The minimum Gasteiger partial charge on any atom is -0.377 e. The molecule has 0 N–H and O–H groups in total. The molecule has 43 heavy (non-hydrogen) atoms. The number of hydrogen-bond donors (Lipinski definition) is 0. The number of hydrogen-bond acceptors (Lipinski definition) is 6. The van der Waals surface area contributed by atoms with Crippen LogP contribution in [0, 0.1) is 18.8 Å². The molecule has 4 aromatic heterocycles. The standard InChI is InChI=1S/C35H37ClN6O/c1-23-11-13-25(14-12-23)21-42-34-31(40-35(42)41-15-16-43-22-32(41)26-8-4-3-5-9-26)18-30(29-10-6-7-24(2)38-29)39-33(34)27-17-28(36)20-37-19-27/h3-10,17-20,23,25,32H,11-16,21-22H2,1-2H3/t23-,25-,32-/m0/s1. The fourth-order valence-corrected chi connectivity index (χ4v) is 6.83. The van der Waals surface area contributed by atoms with Crippen molar-refractivity contribution in [3.8, 4) is 22.6 Å². The van der Waals surface area contributed by atoms with Gasteiger partial charge in [0, 0.05) is 36.7 Å². The van der Waals surface area contributed by atoms with E-state index < -0.39 is 0 Å². The lowest BCUT2D eigenvalue weighted by Gasteiger charge is -2.37. The molecule has 1 saturated heterocycles. The first-order chi connectivity index (χ1) is 21.0. The minimum absolute atomic E-state index is 0.0686. The second-order valence-electron chi connectivity index (χ2n) is 12.1. The predicted molar refractivity (Wildman–Crippen MR) is 172 cm³/mol. The maximum atomic E-state index is 6.50. The maximum absolute atomic E-state index is 6.50. The van der Waals surface area contributed by atoms with Crippen molar-refractivity contribution in [2.24, 2.45) is 11.8 Å². The largest absolute Gasteiger partial charge is 0.377 e. The number of benzene rings is 1. The fourth-order valence-electron chi connectivity index (χ4n) is 6.66. The number of aryl methyl sites for hydroxylation is 1. The Morgan fingerprint density at radius 2 is 1.74 bits per heavy atom. The smallest absolute Gasteiger partial charge is 0.207 e. The third-order valence-corrected chi connectivity index (χ3v) is 9.19. The zero-order chi connectivity index (χ0) is 29.3. The molecule has 1 aliphatic heterocycles. The first-order valence-corrected chi connectivity index (χ1v) is 15.8. The molecule has 0 unspecified atom stereocenters. The van der Waals surface area contributed by atoms with Gasteiger partial charge in [-0.25, -0.2) is 9.97 Å². The molecule has 7 nitrogen and oxygen atoms in total. The van der Waals surface area contributed by atoms with Crippen molar-refractivity contribution in [1.82, 2.24) is 24.5 Å². The Hall–Kier alpha value is -3.81. The highest BCUT2D eigenvalue weighted by molar-refractivity contribution is 6.30. The van der Waals surface area contributed by atoms with E-state index in [0.717, 1.165) is 64.3 Å². The molecule has 220 valence electrons. The number of fused-ring (bicyclic) bond motifs is 1. The second-order valence-corrected chi connectivity index (χ2v) is 12.6. The zero-order valence-corrected chi connectivity index (χ0v) is 25.5. The van der Waals surface area contributed by atoms with Crippen LogP contribution in [0.3, 0.4) is 0 Å². The van der Waals surface area contributed by atoms with E-state index in [-0.39, 0.29) is 6.04 Å². The van der Waals surface area contributed by atoms with Gasteiger partial charge < -0.3 is 14.2 Å². The molecular formula is C35H37ClN6O. The van der Waals surface area contributed by atoms with Gasteiger partial charge in [0.15, 0.2) is 0 Å². The Morgan fingerprint density at radius 3 is 2.53 bits per heavy atom. The van der Waals surface area contributed by atoms with E-state index in [0.29, 0.717) is 24.2 Å². The van der Waals surface area contributed by atoms with Gasteiger partial charge in [-0.1, -0.05) is 67.8 Å². The van der Waals surface area contributed by atoms with Crippen molar-refractivity contribution in [3.63, 3.8) is 0 Å². The van der Waals surface area contributed by atoms with E-state index in [9.17, 15) is 0 Å². The lowest BCUT2D eigenvalue weighted by atomic mass is 9.83. The highest BCUT2D eigenvalue weighted by Gasteiger charge is 2.32. The van der Waals surface area contributed by atoms with Gasteiger partial charge in [0.05, 0.1) is 52.4 Å². The number of ether oxygens (including phenoxy) is 1. The van der Waals surface area contributed by atoms with Gasteiger partial charge in [-0.3, -0.25) is 9.97 Å². The molecule has 2 fully saturated rings. The zero-order valence-electron chi connectivity index (χ0n) is 24.8. The minimum atomic E-state index is 0.0686. The second kappa shape index (κ2) is 12.1. The molecule has 0 bridgehead atoms. The molecule has 7 rings (SSSR count). The normalized spacial score (nSPS) is 20.9. The lowest BCUT2D eigenvalue weighted by molar-refractivity contribution is 0.0927. The van der Waals surface area contributed by atoms with Gasteiger partial charge in [-0.2, -0.15) is 0 Å². The molecule has 5 aromatic rings. The average Bonchev–Trinajstić information content (AvgIpc) is 3.40. The number of anilines is 1. The SMILES string of the molecule is Cc1cccc(-c2cc3nc(N4CCOC[C@H]4c4ccccc4)n(C[C@H]4CC[C@H](C)CC4)c3c(-c3cncc(Cl)c3)n2)n1. The maximum Gasteiger partial charge on any atom is 0.207 e. The van der Waals surface area contributed by atoms with E-state index in [2.05, 4.69) is 57.8 Å². The van der Waals surface area contributed by atoms with Crippen LogP contribution in [0.15, 0.2) is 73.1 Å². The van der Waals surface area contributed by atoms with Gasteiger partial charge in [0.25, 0.3) is 0 Å². The van der Waals surface area contributed by atoms with E-state index in [4.69, 9.17) is 31.3 Å². The van der Waals surface area contributed by atoms with Gasteiger partial charge in [0.2, 0.25) is 5.95 Å². The Balaban J connectivity index is 1.46. The molecule has 0 amide bonds. The van der Waals surface area contributed by atoms with Gasteiger partial charge in [-0.05, 0) is 61.4 Å². The Morgan fingerprint density at radius 1 is 0.907 bits per heavy atom. The molecular weight excluding hydrogens is 556 g/mol. The number of morpholine rings is 1. The summed E-state index contributed by atoms with van der Waals surface area (Å²) < 4.78 is 8.47. The molecule has 0 spiro atoms. The molecule has 8 heteroatoms. The van der Waals surface area contributed by atoms with Crippen LogP contribution in [-0.2, 0) is 11.3 Å². The van der Waals surface area contributed by atoms with Crippen LogP contribution in [0.5, 0.6) is 0 Å². The van der Waals surface area contributed by atoms with Crippen LogP contribution >= 0.6 is 11.6 Å². The number of halogens is 1. The van der Waals surface area contributed by atoms with Crippen LogP contribution in [0.2, 0.25) is 5.02 Å². The first kappa shape index (κ1) is 28.0. The highest BCUT2D eigenvalue weighted by atomic mass is 35.5. The summed E-state index contributed by atoms with van der Waals surface area (Å²) in [5.74, 6) is 2.33. The van der Waals surface area contributed by atoms with Gasteiger partial charge in [-0.15, -0.1) is 0 Å². The lowest BCUT2D eigenvalue weighted by Crippen LogP contribution is -2.41. The molecule has 1 atom stereocenters. The summed E-state index contributed by atoms with van der Waals surface area (Å²) in [7, 11) is 0. The van der Waals surface area contributed by atoms with Crippen molar-refractivity contribution >= 4 is 28.6 Å². The van der Waals surface area contributed by atoms with E-state index in [1.54, 1.807) is 6.20 Å². The van der Waals surface area contributed by atoms with Crippen LogP contribution < -0.4 is 4.90 Å². The topological polar surface area (TPSA) is 69.0 Å². The summed E-state index contributed by atoms with van der Waals surface area (Å²) >= 11 is 6.50. The van der Waals surface area contributed by atoms with E-state index >= 15 is 0 Å². The van der Waals surface area contributed by atoms with Gasteiger partial charge in [0.1, 0.15) is 0 Å². The third kappa shape index (κ3) is 5.76. The monoisotopic (exact) mass is 592 g/mol. The molecule has 5 heterocycles. The third-order valence-electron chi connectivity index (χ3n) is 8.98. The number of nitrogens with zero attached hydrogens (tertiary/aromatic N) is 6. The molecule has 2 aliphatic rings. The number of imidazole rings is 1. The van der Waals surface area contributed by atoms with Crippen LogP contribution in [0.25, 0.3) is 33.7 Å². The van der Waals surface area contributed by atoms with Crippen molar-refractivity contribution in [1.29, 1.82) is 0 Å². The summed E-state index contributed by atoms with van der Waals surface area (Å²) in [5, 5.41) is 0.580. The highest BCUT2D eigenvalue weighted by Crippen LogP contribution is 2.39. The van der Waals surface area contributed by atoms with Gasteiger partial charge >= 0.3 is 0 Å². The molecule has 0 radical (unpaired) electrons. The Bertz CT molecular complexity index is 1730. The fraction of sp³-hybridized carbons (Fsp3) is 0.371. The Labute approximate surface area is 257 Å². The summed E-state index contributed by atoms with van der Waals surface area (Å²) in [6, 6.07) is 20.8. The number of pyridine rings is 3. The van der Waals surface area contributed by atoms with Crippen molar-refractivity contribution in [2.75, 3.05) is 24.7 Å².